The SMILES string of the molecule is Cc1cc(C)cc(-c2c(OCCC3CCCCN3C(=O)O)c3cc(NC(=O)Cc4ccccn4)c(Cl)cc3[nH]c2=O)c1. The highest BCUT2D eigenvalue weighted by Gasteiger charge is 2.27. The Hall–Kier alpha value is -4.37. The lowest BCUT2D eigenvalue weighted by atomic mass is 9.98. The van der Waals surface area contributed by atoms with Gasteiger partial charge in [-0.2, -0.15) is 0 Å². The van der Waals surface area contributed by atoms with Gasteiger partial charge in [-0.1, -0.05) is 47.0 Å². The number of carbonyl (C=O) groups is 2. The number of benzene rings is 2. The number of carbonyl (C=O) groups excluding carboxylic acids is 1. The molecule has 2 amide bonds. The van der Waals surface area contributed by atoms with E-state index in [0.29, 0.717) is 52.1 Å². The van der Waals surface area contributed by atoms with Gasteiger partial charge in [0, 0.05) is 36.3 Å². The number of aromatic amines is 1. The summed E-state index contributed by atoms with van der Waals surface area (Å²) in [5.74, 6) is 0.0655. The standard InChI is InChI=1S/C32H33ClN4O5/c1-19-13-20(2)15-21(14-19)29-30(42-12-9-23-8-4-6-11-37(23)32(40)41)24-17-27(25(33)18-26(24)36-31(29)39)35-28(38)16-22-7-3-5-10-34-22/h3,5,7,10,13-15,17-18,23H,4,6,8-9,11-12,16H2,1-2H3,(H,35,38)(H,36,39)(H,40,41). The second-order valence-corrected chi connectivity index (χ2v) is 11.1. The molecule has 1 saturated heterocycles. The number of halogens is 1. The molecule has 0 radical (unpaired) electrons. The van der Waals surface area contributed by atoms with E-state index in [2.05, 4.69) is 15.3 Å². The van der Waals surface area contributed by atoms with Crippen molar-refractivity contribution in [3.8, 4) is 16.9 Å². The Labute approximate surface area is 248 Å². The fourth-order valence-corrected chi connectivity index (χ4v) is 5.84. The average molecular weight is 589 g/mol. The lowest BCUT2D eigenvalue weighted by molar-refractivity contribution is -0.115. The number of nitrogens with zero attached hydrogens (tertiary/aromatic N) is 2. The molecule has 0 saturated carbocycles. The molecule has 218 valence electrons. The van der Waals surface area contributed by atoms with Crippen molar-refractivity contribution in [1.82, 2.24) is 14.9 Å². The number of fused-ring (bicyclic) bond motifs is 1. The zero-order valence-corrected chi connectivity index (χ0v) is 24.3. The van der Waals surface area contributed by atoms with E-state index in [1.165, 1.54) is 4.90 Å². The summed E-state index contributed by atoms with van der Waals surface area (Å²) < 4.78 is 6.39. The van der Waals surface area contributed by atoms with Gasteiger partial charge in [-0.3, -0.25) is 14.6 Å². The summed E-state index contributed by atoms with van der Waals surface area (Å²) in [6, 6.07) is 14.4. The first kappa shape index (κ1) is 29.1. The number of H-pyrrole nitrogens is 1. The lowest BCUT2D eigenvalue weighted by Gasteiger charge is -2.33. The number of aryl methyl sites for hydroxylation is 2. The van der Waals surface area contributed by atoms with Crippen molar-refractivity contribution < 1.29 is 19.4 Å². The number of carboxylic acid groups (broad SMARTS) is 1. The Balaban J connectivity index is 1.54. The van der Waals surface area contributed by atoms with Crippen molar-refractivity contribution in [3.05, 3.63) is 86.9 Å². The summed E-state index contributed by atoms with van der Waals surface area (Å²) >= 11 is 6.55. The Morgan fingerprint density at radius 2 is 1.93 bits per heavy atom. The average Bonchev–Trinajstić information content (AvgIpc) is 2.94. The van der Waals surface area contributed by atoms with Gasteiger partial charge >= 0.3 is 6.09 Å². The molecule has 1 aliphatic heterocycles. The molecule has 1 atom stereocenters. The van der Waals surface area contributed by atoms with Crippen LogP contribution in [0, 0.1) is 13.8 Å². The third kappa shape index (κ3) is 6.57. The van der Waals surface area contributed by atoms with Crippen LogP contribution in [0.5, 0.6) is 5.75 Å². The van der Waals surface area contributed by atoms with Gasteiger partial charge < -0.3 is 25.0 Å². The van der Waals surface area contributed by atoms with Crippen LogP contribution in [0.25, 0.3) is 22.0 Å². The molecule has 0 aliphatic carbocycles. The van der Waals surface area contributed by atoms with Crippen molar-refractivity contribution >= 4 is 40.2 Å². The van der Waals surface area contributed by atoms with Gasteiger partial charge in [0.1, 0.15) is 5.75 Å². The van der Waals surface area contributed by atoms with Crippen LogP contribution in [0.4, 0.5) is 10.5 Å². The van der Waals surface area contributed by atoms with E-state index < -0.39 is 6.09 Å². The minimum Gasteiger partial charge on any atom is -0.492 e. The fraction of sp³-hybridized carbons (Fsp3) is 0.312. The molecule has 3 heterocycles. The third-order valence-electron chi connectivity index (χ3n) is 7.48. The van der Waals surface area contributed by atoms with Crippen LogP contribution in [0.15, 0.2) is 59.5 Å². The second kappa shape index (κ2) is 12.7. The molecule has 5 rings (SSSR count). The number of amides is 2. The molecule has 4 aromatic rings. The molecule has 3 N–H and O–H groups in total. The normalized spacial score (nSPS) is 15.0. The second-order valence-electron chi connectivity index (χ2n) is 10.7. The number of hydrogen-bond donors (Lipinski definition) is 3. The van der Waals surface area contributed by atoms with Crippen LogP contribution < -0.4 is 15.6 Å². The number of ether oxygens (including phenoxy) is 1. The van der Waals surface area contributed by atoms with E-state index in [1.54, 1.807) is 30.5 Å². The van der Waals surface area contributed by atoms with E-state index in [9.17, 15) is 19.5 Å². The number of aromatic nitrogens is 2. The molecule has 1 unspecified atom stereocenters. The predicted molar refractivity (Wildman–Crippen MR) is 164 cm³/mol. The number of nitrogens with one attached hydrogen (secondary N) is 2. The lowest BCUT2D eigenvalue weighted by Crippen LogP contribution is -2.43. The number of rotatable bonds is 8. The molecular weight excluding hydrogens is 556 g/mol. The van der Waals surface area contributed by atoms with Crippen LogP contribution in [-0.2, 0) is 11.2 Å². The quantitative estimate of drug-likeness (QED) is 0.220. The van der Waals surface area contributed by atoms with Crippen molar-refractivity contribution in [2.24, 2.45) is 0 Å². The number of anilines is 1. The van der Waals surface area contributed by atoms with E-state index in [-0.39, 0.29) is 35.6 Å². The summed E-state index contributed by atoms with van der Waals surface area (Å²) in [6.45, 7) is 4.63. The van der Waals surface area contributed by atoms with Crippen LogP contribution in [-0.4, -0.2) is 51.2 Å². The maximum Gasteiger partial charge on any atom is 0.407 e. The van der Waals surface area contributed by atoms with Crippen LogP contribution in [0.1, 0.15) is 42.5 Å². The topological polar surface area (TPSA) is 125 Å². The largest absolute Gasteiger partial charge is 0.492 e. The minimum absolute atomic E-state index is 0.0689. The van der Waals surface area contributed by atoms with Crippen molar-refractivity contribution in [1.29, 1.82) is 0 Å². The van der Waals surface area contributed by atoms with Crippen molar-refractivity contribution in [2.75, 3.05) is 18.5 Å². The number of likely N-dealkylation sites (tertiary alicyclic amines) is 1. The van der Waals surface area contributed by atoms with Crippen molar-refractivity contribution in [3.63, 3.8) is 0 Å². The Morgan fingerprint density at radius 3 is 2.64 bits per heavy atom. The highest BCUT2D eigenvalue weighted by atomic mass is 35.5. The van der Waals surface area contributed by atoms with E-state index in [4.69, 9.17) is 16.3 Å². The number of piperidine rings is 1. The molecule has 1 aliphatic rings. The third-order valence-corrected chi connectivity index (χ3v) is 7.79. The zero-order chi connectivity index (χ0) is 29.8. The smallest absolute Gasteiger partial charge is 0.407 e. The number of pyridine rings is 2. The summed E-state index contributed by atoms with van der Waals surface area (Å²) in [5.41, 5.74) is 4.16. The fourth-order valence-electron chi connectivity index (χ4n) is 5.63. The molecule has 10 heteroatoms. The summed E-state index contributed by atoms with van der Waals surface area (Å²) in [5, 5.41) is 13.4. The molecule has 9 nitrogen and oxygen atoms in total. The minimum atomic E-state index is -0.932. The van der Waals surface area contributed by atoms with Crippen molar-refractivity contribution in [2.45, 2.75) is 52.0 Å². The van der Waals surface area contributed by atoms with Gasteiger partial charge in [0.15, 0.2) is 0 Å². The number of hydrogen-bond acceptors (Lipinski definition) is 5. The summed E-state index contributed by atoms with van der Waals surface area (Å²) in [6.07, 6.45) is 3.80. The zero-order valence-electron chi connectivity index (χ0n) is 23.6. The summed E-state index contributed by atoms with van der Waals surface area (Å²) in [7, 11) is 0. The van der Waals surface area contributed by atoms with E-state index in [0.717, 1.165) is 30.4 Å². The molecule has 2 aromatic heterocycles. The molecule has 1 fully saturated rings. The first-order valence-corrected chi connectivity index (χ1v) is 14.4. The molecule has 2 aromatic carbocycles. The van der Waals surface area contributed by atoms with Gasteiger partial charge in [0.05, 0.1) is 34.8 Å². The molecule has 0 spiro atoms. The van der Waals surface area contributed by atoms with Crippen LogP contribution in [0.3, 0.4) is 0 Å². The molecule has 0 bridgehead atoms. The molecule has 42 heavy (non-hydrogen) atoms. The van der Waals surface area contributed by atoms with Gasteiger partial charge in [0.2, 0.25) is 5.91 Å². The monoisotopic (exact) mass is 588 g/mol. The highest BCUT2D eigenvalue weighted by molar-refractivity contribution is 6.34. The van der Waals surface area contributed by atoms with Crippen LogP contribution >= 0.6 is 11.6 Å². The van der Waals surface area contributed by atoms with Gasteiger partial charge in [-0.05, 0) is 62.9 Å². The van der Waals surface area contributed by atoms with E-state index in [1.807, 2.05) is 38.1 Å². The maximum absolute atomic E-state index is 13.5. The first-order chi connectivity index (χ1) is 20.2. The van der Waals surface area contributed by atoms with Gasteiger partial charge in [0.25, 0.3) is 5.56 Å². The van der Waals surface area contributed by atoms with Crippen LogP contribution in [0.2, 0.25) is 5.02 Å². The van der Waals surface area contributed by atoms with E-state index >= 15 is 0 Å². The molecular formula is C32H33ClN4O5. The first-order valence-electron chi connectivity index (χ1n) is 14.0. The predicted octanol–water partition coefficient (Wildman–Crippen LogP) is 6.34. The Kier molecular flexibility index (Phi) is 8.77. The Morgan fingerprint density at radius 1 is 1.14 bits per heavy atom. The maximum atomic E-state index is 13.5. The van der Waals surface area contributed by atoms with Gasteiger partial charge in [-0.25, -0.2) is 4.79 Å². The highest BCUT2D eigenvalue weighted by Crippen LogP contribution is 2.38. The van der Waals surface area contributed by atoms with Gasteiger partial charge in [-0.15, -0.1) is 0 Å². The summed E-state index contributed by atoms with van der Waals surface area (Å²) in [4.78, 5) is 46.8. The Bertz CT molecular complexity index is 1670.